The molecule has 2 aromatic carbocycles. The molecule has 4 rings (SSSR count). The molecule has 0 fully saturated rings. The Morgan fingerprint density at radius 2 is 1.87 bits per heavy atom. The Bertz CT molecular complexity index is 1180. The third kappa shape index (κ3) is 4.59. The fraction of sp³-hybridized carbons (Fsp3) is 0.190. The van der Waals surface area contributed by atoms with Gasteiger partial charge >= 0.3 is 0 Å². The summed E-state index contributed by atoms with van der Waals surface area (Å²) >= 11 is 0. The van der Waals surface area contributed by atoms with Crippen LogP contribution in [0, 0.1) is 0 Å². The molecule has 10 heteroatoms. The first-order valence-corrected chi connectivity index (χ1v) is 9.64. The van der Waals surface area contributed by atoms with Gasteiger partial charge < -0.3 is 15.7 Å². The fourth-order valence-corrected chi connectivity index (χ4v) is 2.87. The lowest BCUT2D eigenvalue weighted by atomic mass is 10.1. The van der Waals surface area contributed by atoms with Crippen LogP contribution in [0.3, 0.4) is 0 Å². The molecule has 0 saturated carbocycles. The Morgan fingerprint density at radius 3 is 2.65 bits per heavy atom. The number of para-hydroxylation sites is 1. The van der Waals surface area contributed by atoms with E-state index in [4.69, 9.17) is 0 Å². The van der Waals surface area contributed by atoms with Crippen LogP contribution in [0.4, 0.5) is 11.6 Å². The van der Waals surface area contributed by atoms with Crippen LogP contribution in [-0.4, -0.2) is 53.1 Å². The number of carbonyl (C=O) groups is 1. The van der Waals surface area contributed by atoms with Gasteiger partial charge in [-0.05, 0) is 54.6 Å². The molecule has 0 aliphatic carbocycles. The van der Waals surface area contributed by atoms with Crippen LogP contribution >= 0.6 is 0 Å². The zero-order valence-corrected chi connectivity index (χ0v) is 17.1. The highest BCUT2D eigenvalue weighted by Gasteiger charge is 2.20. The van der Waals surface area contributed by atoms with Gasteiger partial charge in [-0.2, -0.15) is 9.78 Å². The number of nitrogens with one attached hydrogen (secondary N) is 2. The molecule has 2 heterocycles. The first kappa shape index (κ1) is 20.2. The summed E-state index contributed by atoms with van der Waals surface area (Å²) in [7, 11) is 0. The lowest BCUT2D eigenvalue weighted by Gasteiger charge is -2.23. The molecule has 158 valence electrons. The molecule has 0 radical (unpaired) electrons. The van der Waals surface area contributed by atoms with E-state index in [1.165, 1.54) is 0 Å². The summed E-state index contributed by atoms with van der Waals surface area (Å²) in [6, 6.07) is 16.6. The number of hydrogen-bond donors (Lipinski definition) is 3. The van der Waals surface area contributed by atoms with Crippen LogP contribution in [0.2, 0.25) is 0 Å². The lowest BCUT2D eigenvalue weighted by molar-refractivity contribution is 0.0869. The largest absolute Gasteiger partial charge is 0.394 e. The smallest absolute Gasteiger partial charge is 0.252 e. The third-order valence-corrected chi connectivity index (χ3v) is 4.53. The second kappa shape index (κ2) is 8.36. The highest BCUT2D eigenvalue weighted by molar-refractivity contribution is 5.95. The quantitative estimate of drug-likeness (QED) is 0.420. The average molecular weight is 418 g/mol. The molecule has 0 atom stereocenters. The molecule has 31 heavy (non-hydrogen) atoms. The molecule has 10 nitrogen and oxygen atoms in total. The second-order valence-corrected chi connectivity index (χ2v) is 7.59. The number of amides is 1. The third-order valence-electron chi connectivity index (χ3n) is 4.53. The highest BCUT2D eigenvalue weighted by atomic mass is 16.3. The van der Waals surface area contributed by atoms with Gasteiger partial charge in [-0.15, -0.1) is 0 Å². The van der Waals surface area contributed by atoms with Gasteiger partial charge in [0.15, 0.2) is 0 Å². The van der Waals surface area contributed by atoms with Crippen LogP contribution in [-0.2, 0) is 0 Å². The summed E-state index contributed by atoms with van der Waals surface area (Å²) in [4.78, 5) is 12.5. The minimum atomic E-state index is -0.710. The Kier molecular flexibility index (Phi) is 5.46. The van der Waals surface area contributed by atoms with E-state index >= 15 is 0 Å². The van der Waals surface area contributed by atoms with E-state index in [0.717, 1.165) is 5.69 Å². The molecule has 3 N–H and O–H groups in total. The van der Waals surface area contributed by atoms with E-state index in [1.54, 1.807) is 53.8 Å². The van der Waals surface area contributed by atoms with E-state index in [1.807, 2.05) is 36.4 Å². The van der Waals surface area contributed by atoms with Crippen molar-refractivity contribution in [3.63, 3.8) is 0 Å². The van der Waals surface area contributed by atoms with Crippen molar-refractivity contribution in [1.29, 1.82) is 0 Å². The first-order chi connectivity index (χ1) is 14.9. The maximum atomic E-state index is 12.5. The lowest BCUT2D eigenvalue weighted by Crippen LogP contribution is -2.46. The molecule has 0 aliphatic heterocycles. The van der Waals surface area contributed by atoms with Crippen LogP contribution in [0.25, 0.3) is 11.4 Å². The Hall–Kier alpha value is -4.05. The van der Waals surface area contributed by atoms with Crippen LogP contribution in [0.1, 0.15) is 24.2 Å². The van der Waals surface area contributed by atoms with Crippen molar-refractivity contribution < 1.29 is 9.90 Å². The van der Waals surface area contributed by atoms with Crippen LogP contribution < -0.4 is 10.6 Å². The molecular weight excluding hydrogens is 396 g/mol. The van der Waals surface area contributed by atoms with Crippen molar-refractivity contribution in [1.82, 2.24) is 35.3 Å². The maximum absolute atomic E-state index is 12.5. The number of tetrazole rings is 1. The number of carbonyl (C=O) groups excluding carboxylic acids is 1. The second-order valence-electron chi connectivity index (χ2n) is 7.59. The zero-order valence-electron chi connectivity index (χ0n) is 17.1. The monoisotopic (exact) mass is 418 g/mol. The molecule has 2 aromatic heterocycles. The Morgan fingerprint density at radius 1 is 1.10 bits per heavy atom. The maximum Gasteiger partial charge on any atom is 0.252 e. The van der Waals surface area contributed by atoms with Crippen molar-refractivity contribution in [3.8, 4) is 11.4 Å². The van der Waals surface area contributed by atoms with Crippen molar-refractivity contribution in [2.45, 2.75) is 19.4 Å². The van der Waals surface area contributed by atoms with Gasteiger partial charge in [0, 0.05) is 5.56 Å². The van der Waals surface area contributed by atoms with Gasteiger partial charge in [0.1, 0.15) is 0 Å². The number of benzene rings is 2. The fourth-order valence-electron chi connectivity index (χ4n) is 2.87. The summed E-state index contributed by atoms with van der Waals surface area (Å²) < 4.78 is 3.23. The number of hydrogen-bond acceptors (Lipinski definition) is 7. The number of anilines is 2. The summed E-state index contributed by atoms with van der Waals surface area (Å²) in [5.74, 6) is 0.179. The van der Waals surface area contributed by atoms with E-state index < -0.39 is 5.54 Å². The number of aliphatic hydroxyl groups excluding tert-OH is 1. The summed E-state index contributed by atoms with van der Waals surface area (Å²) in [5.41, 5.74) is 1.98. The van der Waals surface area contributed by atoms with E-state index in [2.05, 4.69) is 31.3 Å². The molecule has 1 amide bonds. The average Bonchev–Trinajstić information content (AvgIpc) is 3.44. The van der Waals surface area contributed by atoms with Gasteiger partial charge in [-0.1, -0.05) is 29.4 Å². The Balaban J connectivity index is 1.53. The molecular formula is C21H22N8O2. The molecule has 0 bridgehead atoms. The van der Waals surface area contributed by atoms with Crippen LogP contribution in [0.15, 0.2) is 67.0 Å². The predicted octanol–water partition coefficient (Wildman–Crippen LogP) is 2.09. The van der Waals surface area contributed by atoms with Crippen LogP contribution in [0.5, 0.6) is 0 Å². The molecule has 0 saturated heterocycles. The van der Waals surface area contributed by atoms with Gasteiger partial charge in [-0.25, -0.2) is 4.68 Å². The van der Waals surface area contributed by atoms with Crippen molar-refractivity contribution in [2.24, 2.45) is 0 Å². The molecule has 0 unspecified atom stereocenters. The topological polar surface area (TPSA) is 123 Å². The first-order valence-electron chi connectivity index (χ1n) is 9.64. The zero-order chi connectivity index (χ0) is 21.8. The van der Waals surface area contributed by atoms with E-state index in [9.17, 15) is 9.90 Å². The van der Waals surface area contributed by atoms with Crippen molar-refractivity contribution >= 4 is 17.5 Å². The van der Waals surface area contributed by atoms with Crippen molar-refractivity contribution in [3.05, 3.63) is 72.6 Å². The van der Waals surface area contributed by atoms with Gasteiger partial charge in [-0.3, -0.25) is 4.79 Å². The predicted molar refractivity (Wildman–Crippen MR) is 115 cm³/mol. The van der Waals surface area contributed by atoms with Gasteiger partial charge in [0.05, 0.1) is 41.6 Å². The molecule has 4 aromatic rings. The number of aliphatic hydroxyl groups is 1. The number of nitrogens with zero attached hydrogens (tertiary/aromatic N) is 6. The summed E-state index contributed by atoms with van der Waals surface area (Å²) in [6.45, 7) is 3.35. The summed E-state index contributed by atoms with van der Waals surface area (Å²) in [6.07, 6.45) is 3.42. The van der Waals surface area contributed by atoms with Crippen molar-refractivity contribution in [2.75, 3.05) is 11.9 Å². The normalized spacial score (nSPS) is 11.3. The Labute approximate surface area is 178 Å². The van der Waals surface area contributed by atoms with Gasteiger partial charge in [0.25, 0.3) is 11.9 Å². The standard InChI is InChI=1S/C21H22N8O2/c1-21(2,14-30)24-19(31)15-7-6-10-18(11-15)28-13-16(12-22-28)23-20-25-26-27-29(20)17-8-4-3-5-9-17/h3-13,30H,14H2,1-2H3,(H,24,31)(H,23,25,27). The molecule has 0 spiro atoms. The highest BCUT2D eigenvalue weighted by Crippen LogP contribution is 2.19. The van der Waals surface area contributed by atoms with E-state index in [-0.39, 0.29) is 12.5 Å². The number of rotatable bonds is 7. The SMILES string of the molecule is CC(C)(CO)NC(=O)c1cccc(-n2cc(Nc3nnnn3-c3ccccc3)cn2)c1. The minimum Gasteiger partial charge on any atom is -0.394 e. The summed E-state index contributed by atoms with van der Waals surface area (Å²) in [5, 5.41) is 31.5. The number of aromatic nitrogens is 6. The van der Waals surface area contributed by atoms with E-state index in [0.29, 0.717) is 22.9 Å². The molecule has 0 aliphatic rings. The van der Waals surface area contributed by atoms with Gasteiger partial charge in [0.2, 0.25) is 0 Å². The minimum absolute atomic E-state index is 0.158.